The molecule has 0 bridgehead atoms. The number of carbonyl (C=O) groups is 1. The van der Waals surface area contributed by atoms with Crippen LogP contribution in [0.5, 0.6) is 0 Å². The largest absolute Gasteiger partial charge is 0.490 e. The van der Waals surface area contributed by atoms with Gasteiger partial charge in [0.15, 0.2) is 0 Å². The van der Waals surface area contributed by atoms with Crippen molar-refractivity contribution in [2.45, 2.75) is 51.6 Å². The van der Waals surface area contributed by atoms with Crippen molar-refractivity contribution >= 4 is 6.09 Å². The Kier molecular flexibility index (Phi) is 4.47. The van der Waals surface area contributed by atoms with Crippen LogP contribution in [0, 0.1) is 0 Å². The monoisotopic (exact) mass is 268 g/mol. The minimum Gasteiger partial charge on any atom is -0.444 e. The molecule has 1 heterocycles. The van der Waals surface area contributed by atoms with Crippen LogP contribution in [-0.4, -0.2) is 42.0 Å². The van der Waals surface area contributed by atoms with Gasteiger partial charge in [0.1, 0.15) is 5.60 Å². The van der Waals surface area contributed by atoms with E-state index in [2.05, 4.69) is 5.32 Å². The molecule has 0 aromatic carbocycles. The van der Waals surface area contributed by atoms with E-state index in [1.807, 2.05) is 0 Å². The molecule has 1 amide bonds. The maximum absolute atomic E-state index is 12.9. The highest BCUT2D eigenvalue weighted by atomic mass is 19.4. The second kappa shape index (κ2) is 5.34. The number of piperidine rings is 1. The first-order valence-electron chi connectivity index (χ1n) is 5.91. The molecule has 0 unspecified atom stereocenters. The average Bonchev–Trinajstić information content (AvgIpc) is 2.13. The Balaban J connectivity index is 2.81. The molecule has 106 valence electrons. The Labute approximate surface area is 104 Å². The Morgan fingerprint density at radius 3 is 2.11 bits per heavy atom. The van der Waals surface area contributed by atoms with Gasteiger partial charge in [-0.2, -0.15) is 0 Å². The molecule has 1 aliphatic heterocycles. The van der Waals surface area contributed by atoms with Gasteiger partial charge in [0, 0.05) is 6.04 Å². The van der Waals surface area contributed by atoms with Crippen LogP contribution in [0.2, 0.25) is 0 Å². The van der Waals surface area contributed by atoms with Gasteiger partial charge in [-0.3, -0.25) is 0 Å². The summed E-state index contributed by atoms with van der Waals surface area (Å²) < 4.78 is 43.6. The minimum absolute atomic E-state index is 0.0842. The van der Waals surface area contributed by atoms with Crippen LogP contribution in [0.15, 0.2) is 0 Å². The third kappa shape index (κ3) is 4.36. The number of nitrogens with zero attached hydrogens (tertiary/aromatic N) is 1. The van der Waals surface area contributed by atoms with Gasteiger partial charge in [0.2, 0.25) is 0 Å². The summed E-state index contributed by atoms with van der Waals surface area (Å²) in [6, 6.07) is -0.846. The van der Waals surface area contributed by atoms with Crippen molar-refractivity contribution in [3.8, 4) is 0 Å². The summed E-state index contributed by atoms with van der Waals surface area (Å²) in [5, 5.41) is 2.96. The summed E-state index contributed by atoms with van der Waals surface area (Å²) in [5.74, 6) is 0. The van der Waals surface area contributed by atoms with Gasteiger partial charge in [-0.15, -0.1) is 13.2 Å². The van der Waals surface area contributed by atoms with Gasteiger partial charge in [0.25, 0.3) is 0 Å². The zero-order valence-electron chi connectivity index (χ0n) is 10.8. The highest BCUT2D eigenvalue weighted by Gasteiger charge is 2.47. The standard InChI is InChI=1S/C11H19F3N2O2/c1-10(2,3)18-9(17)16(11(12,13)14)8-4-6-15-7-5-8/h8,15H,4-7H2,1-3H3. The third-order valence-electron chi connectivity index (χ3n) is 2.54. The summed E-state index contributed by atoms with van der Waals surface area (Å²) in [5.41, 5.74) is -0.937. The molecule has 0 radical (unpaired) electrons. The molecule has 0 saturated carbocycles. The molecular formula is C11H19F3N2O2. The van der Waals surface area contributed by atoms with E-state index in [1.165, 1.54) is 0 Å². The first-order valence-corrected chi connectivity index (χ1v) is 5.91. The van der Waals surface area contributed by atoms with Crippen molar-refractivity contribution in [3.63, 3.8) is 0 Å². The lowest BCUT2D eigenvalue weighted by molar-refractivity contribution is -0.246. The van der Waals surface area contributed by atoms with Crippen molar-refractivity contribution in [1.82, 2.24) is 10.2 Å². The molecular weight excluding hydrogens is 249 g/mol. The fraction of sp³-hybridized carbons (Fsp3) is 0.909. The highest BCUT2D eigenvalue weighted by molar-refractivity contribution is 5.69. The number of nitrogens with one attached hydrogen (secondary N) is 1. The van der Waals surface area contributed by atoms with E-state index in [4.69, 9.17) is 4.74 Å². The maximum atomic E-state index is 12.9. The zero-order valence-corrected chi connectivity index (χ0v) is 10.8. The second-order valence-corrected chi connectivity index (χ2v) is 5.30. The van der Waals surface area contributed by atoms with E-state index >= 15 is 0 Å². The number of ether oxygens (including phenoxy) is 1. The van der Waals surface area contributed by atoms with Gasteiger partial charge in [-0.1, -0.05) is 0 Å². The van der Waals surface area contributed by atoms with Crippen molar-refractivity contribution in [2.24, 2.45) is 0 Å². The number of carbonyl (C=O) groups excluding carboxylic acids is 1. The average molecular weight is 268 g/mol. The molecule has 18 heavy (non-hydrogen) atoms. The molecule has 0 aromatic rings. The lowest BCUT2D eigenvalue weighted by Gasteiger charge is -2.36. The van der Waals surface area contributed by atoms with Crippen LogP contribution in [0.3, 0.4) is 0 Å². The Morgan fingerprint density at radius 1 is 1.22 bits per heavy atom. The molecule has 0 aliphatic carbocycles. The van der Waals surface area contributed by atoms with Crippen LogP contribution < -0.4 is 5.32 Å². The van der Waals surface area contributed by atoms with Gasteiger partial charge < -0.3 is 10.1 Å². The van der Waals surface area contributed by atoms with E-state index in [1.54, 1.807) is 20.8 Å². The lowest BCUT2D eigenvalue weighted by Crippen LogP contribution is -2.54. The first-order chi connectivity index (χ1) is 8.11. The topological polar surface area (TPSA) is 41.6 Å². The predicted molar refractivity (Wildman–Crippen MR) is 60.0 cm³/mol. The van der Waals surface area contributed by atoms with Crippen molar-refractivity contribution < 1.29 is 22.7 Å². The molecule has 4 nitrogen and oxygen atoms in total. The van der Waals surface area contributed by atoms with Gasteiger partial charge in [-0.25, -0.2) is 9.69 Å². The van der Waals surface area contributed by atoms with Crippen LogP contribution in [0.1, 0.15) is 33.6 Å². The number of hydrogen-bond acceptors (Lipinski definition) is 3. The van der Waals surface area contributed by atoms with Crippen LogP contribution >= 0.6 is 0 Å². The summed E-state index contributed by atoms with van der Waals surface area (Å²) in [4.78, 5) is 11.6. The van der Waals surface area contributed by atoms with Crippen LogP contribution in [0.25, 0.3) is 0 Å². The van der Waals surface area contributed by atoms with Gasteiger partial charge in [0.05, 0.1) is 0 Å². The summed E-state index contributed by atoms with van der Waals surface area (Å²) in [6.07, 6.45) is -5.47. The van der Waals surface area contributed by atoms with Crippen LogP contribution in [-0.2, 0) is 4.74 Å². The molecule has 0 spiro atoms. The van der Waals surface area contributed by atoms with E-state index in [0.29, 0.717) is 13.1 Å². The van der Waals surface area contributed by atoms with Crippen molar-refractivity contribution in [1.29, 1.82) is 0 Å². The highest BCUT2D eigenvalue weighted by Crippen LogP contribution is 2.29. The van der Waals surface area contributed by atoms with Gasteiger partial charge >= 0.3 is 12.4 Å². The maximum Gasteiger partial charge on any atom is 0.490 e. The molecule has 1 fully saturated rings. The third-order valence-corrected chi connectivity index (χ3v) is 2.54. The molecule has 0 aromatic heterocycles. The molecule has 7 heteroatoms. The van der Waals surface area contributed by atoms with E-state index in [0.717, 1.165) is 0 Å². The van der Waals surface area contributed by atoms with E-state index < -0.39 is 24.0 Å². The molecule has 1 rings (SSSR count). The summed E-state index contributed by atoms with van der Waals surface area (Å²) in [6.45, 7) is 5.58. The quantitative estimate of drug-likeness (QED) is 0.743. The summed E-state index contributed by atoms with van der Waals surface area (Å²) >= 11 is 0. The number of hydrogen-bond donors (Lipinski definition) is 1. The molecule has 1 saturated heterocycles. The van der Waals surface area contributed by atoms with Crippen molar-refractivity contribution in [3.05, 3.63) is 0 Å². The smallest absolute Gasteiger partial charge is 0.444 e. The number of halogens is 3. The SMILES string of the molecule is CC(C)(C)OC(=O)N(C1CCNCC1)C(F)(F)F. The van der Waals surface area contributed by atoms with Crippen LogP contribution in [0.4, 0.5) is 18.0 Å². The first kappa shape index (κ1) is 15.1. The predicted octanol–water partition coefficient (Wildman–Crippen LogP) is 2.50. The molecule has 0 atom stereocenters. The number of amides is 1. The van der Waals surface area contributed by atoms with Gasteiger partial charge in [-0.05, 0) is 46.7 Å². The number of rotatable bonds is 1. The minimum atomic E-state index is -4.70. The zero-order chi connectivity index (χ0) is 14.0. The summed E-state index contributed by atoms with van der Waals surface area (Å²) in [7, 11) is 0. The van der Waals surface area contributed by atoms with E-state index in [9.17, 15) is 18.0 Å². The normalized spacial score (nSPS) is 18.6. The Bertz CT molecular complexity index is 294. The molecule has 1 N–H and O–H groups in total. The lowest BCUT2D eigenvalue weighted by atomic mass is 10.1. The Hall–Kier alpha value is -0.980. The van der Waals surface area contributed by atoms with E-state index in [-0.39, 0.29) is 17.7 Å². The number of alkyl halides is 3. The van der Waals surface area contributed by atoms with Crippen molar-refractivity contribution in [2.75, 3.05) is 13.1 Å². The Morgan fingerprint density at radius 2 is 1.72 bits per heavy atom. The second-order valence-electron chi connectivity index (χ2n) is 5.30. The fourth-order valence-corrected chi connectivity index (χ4v) is 1.84. The molecule has 1 aliphatic rings. The fourth-order valence-electron chi connectivity index (χ4n) is 1.84.